The fraction of sp³-hybridized carbons (Fsp3) is 0.161. The van der Waals surface area contributed by atoms with Crippen molar-refractivity contribution in [1.82, 2.24) is 30.0 Å². The molecule has 4 aromatic carbocycles. The third kappa shape index (κ3) is 8.63. The molecule has 0 amide bonds. The summed E-state index contributed by atoms with van der Waals surface area (Å²) < 4.78 is 10.2. The Hall–Kier alpha value is -4.73. The van der Waals surface area contributed by atoms with Crippen LogP contribution in [-0.2, 0) is 29.7 Å². The minimum absolute atomic E-state index is 0. The van der Waals surface area contributed by atoms with Gasteiger partial charge in [-0.05, 0) is 49.5 Å². The zero-order chi connectivity index (χ0) is 29.2. The summed E-state index contributed by atoms with van der Waals surface area (Å²) in [5.74, 6) is 1.41. The molecule has 6 aromatic rings. The van der Waals surface area contributed by atoms with Gasteiger partial charge in [-0.2, -0.15) is 42.1 Å². The molecule has 0 aliphatic rings. The van der Waals surface area contributed by atoms with E-state index in [1.54, 1.807) is 35.9 Å². The predicted molar refractivity (Wildman–Crippen MR) is 154 cm³/mol. The van der Waals surface area contributed by atoms with Gasteiger partial charge in [-0.25, -0.2) is 0 Å². The van der Waals surface area contributed by atoms with Gasteiger partial charge in [0, 0.05) is 11.5 Å². The van der Waals surface area contributed by atoms with Crippen molar-refractivity contribution in [3.8, 4) is 22.9 Å². The average Bonchev–Trinajstić information content (AvgIpc) is 3.62. The summed E-state index contributed by atoms with van der Waals surface area (Å²) in [4.78, 5) is 23.2. The summed E-state index contributed by atoms with van der Waals surface area (Å²) in [6.45, 7) is 2.81. The number of Topliss-reactive ketones (excluding diaryl/α,β-unsaturated/α-hetero) is 2. The maximum atomic E-state index is 10.0. The van der Waals surface area contributed by atoms with Gasteiger partial charge in [-0.1, -0.05) is 24.3 Å². The van der Waals surface area contributed by atoms with Crippen molar-refractivity contribution in [2.45, 2.75) is 20.3 Å². The van der Waals surface area contributed by atoms with Crippen molar-refractivity contribution in [3.05, 3.63) is 97.1 Å². The second kappa shape index (κ2) is 15.3. The number of benzene rings is 4. The van der Waals surface area contributed by atoms with E-state index in [0.717, 1.165) is 44.9 Å². The summed E-state index contributed by atoms with van der Waals surface area (Å²) in [5.41, 5.74) is 5.07. The van der Waals surface area contributed by atoms with E-state index in [1.807, 2.05) is 72.8 Å². The van der Waals surface area contributed by atoms with Crippen LogP contribution in [0.5, 0.6) is 11.5 Å². The number of carbonyl (C=O) groups is 2. The monoisotopic (exact) mass is 741 g/mol. The van der Waals surface area contributed by atoms with Gasteiger partial charge in [0.2, 0.25) is 0 Å². The average molecular weight is 741 g/mol. The van der Waals surface area contributed by atoms with E-state index in [1.165, 1.54) is 13.8 Å². The van der Waals surface area contributed by atoms with Crippen LogP contribution in [0.3, 0.4) is 0 Å². The largest absolute Gasteiger partial charge is 3.00 e. The maximum absolute atomic E-state index is 10.0. The second-order valence-corrected chi connectivity index (χ2v) is 8.76. The normalized spacial score (nSPS) is 10.0. The molecule has 6 rings (SSSR count). The number of ether oxygens (including phenoxy) is 2. The topological polar surface area (TPSA) is 114 Å². The fourth-order valence-corrected chi connectivity index (χ4v) is 3.59. The minimum Gasteiger partial charge on any atom is -0.554 e. The quantitative estimate of drug-likeness (QED) is 0.173. The first-order valence-electron chi connectivity index (χ1n) is 12.6. The summed E-state index contributed by atoms with van der Waals surface area (Å²) in [5, 5.41) is 17.5. The van der Waals surface area contributed by atoms with Crippen molar-refractivity contribution in [3.63, 3.8) is 0 Å². The number of aromatic nitrogens is 6. The van der Waals surface area contributed by atoms with Gasteiger partial charge in [0.25, 0.3) is 0 Å². The molecule has 42 heavy (non-hydrogen) atoms. The Morgan fingerprint density at radius 2 is 0.952 bits per heavy atom. The molecule has 0 N–H and O–H groups in total. The summed E-state index contributed by atoms with van der Waals surface area (Å²) in [6.07, 6.45) is 0.0833. The van der Waals surface area contributed by atoms with E-state index < -0.39 is 0 Å². The Bertz CT molecular complexity index is 1550. The number of ketones is 2. The van der Waals surface area contributed by atoms with E-state index in [0.29, 0.717) is 0 Å². The molecule has 2 heterocycles. The van der Waals surface area contributed by atoms with Gasteiger partial charge in [0.15, 0.2) is 0 Å². The number of nitrogens with zero attached hydrogens (tertiary/aromatic N) is 6. The first kappa shape index (κ1) is 31.8. The van der Waals surface area contributed by atoms with Gasteiger partial charge in [-0.3, -0.25) is 9.59 Å². The Morgan fingerprint density at radius 1 is 0.619 bits per heavy atom. The minimum atomic E-state index is -0.0625. The van der Waals surface area contributed by atoms with Crippen LogP contribution in [0.15, 0.2) is 84.9 Å². The van der Waals surface area contributed by atoms with Crippen molar-refractivity contribution < 1.29 is 39.2 Å². The van der Waals surface area contributed by atoms with Crippen molar-refractivity contribution in [2.24, 2.45) is 0 Å². The summed E-state index contributed by atoms with van der Waals surface area (Å²) in [6, 6.07) is 32.7. The molecule has 0 aliphatic heterocycles. The Labute approximate surface area is 256 Å². The molecule has 10 nitrogen and oxygen atoms in total. The fourth-order valence-electron chi connectivity index (χ4n) is 3.59. The van der Waals surface area contributed by atoms with Crippen LogP contribution in [0.2, 0.25) is 0 Å². The zero-order valence-electron chi connectivity index (χ0n) is 23.4. The molecule has 214 valence electrons. The van der Waals surface area contributed by atoms with Gasteiger partial charge >= 0.3 is 20.1 Å². The maximum Gasteiger partial charge on any atom is 3.00 e. The van der Waals surface area contributed by atoms with E-state index in [2.05, 4.69) is 32.5 Å². The van der Waals surface area contributed by atoms with Crippen molar-refractivity contribution in [2.75, 3.05) is 14.2 Å². The molecule has 0 fully saturated rings. The Kier molecular flexibility index (Phi) is 11.6. The molecule has 0 saturated carbocycles. The number of carbonyl (C=O) groups excluding carboxylic acids is 2. The van der Waals surface area contributed by atoms with Crippen molar-refractivity contribution in [1.29, 1.82) is 0 Å². The zero-order valence-corrected chi connectivity index (χ0v) is 25.8. The smallest absolute Gasteiger partial charge is 0.554 e. The molecule has 11 heteroatoms. The van der Waals surface area contributed by atoms with E-state index in [4.69, 9.17) is 9.47 Å². The molecule has 2 aromatic heterocycles. The number of fused-ring (bicyclic) bond motifs is 2. The second-order valence-electron chi connectivity index (χ2n) is 8.76. The van der Waals surface area contributed by atoms with Crippen molar-refractivity contribution >= 4 is 33.6 Å². The van der Waals surface area contributed by atoms with Crippen LogP contribution in [0.25, 0.3) is 33.4 Å². The number of hydrogen-bond acceptors (Lipinski definition) is 8. The Balaban J connectivity index is 0.000000186. The summed E-state index contributed by atoms with van der Waals surface area (Å²) in [7, 11) is 3.26. The van der Waals surface area contributed by atoms with Gasteiger partial charge in [0.1, 0.15) is 33.6 Å². The van der Waals surface area contributed by atoms with Crippen LogP contribution in [-0.4, -0.2) is 55.8 Å². The molecule has 0 atom stereocenters. The molecule has 0 saturated heterocycles. The molecular weight excluding hydrogens is 713 g/mol. The number of hydrogen-bond donors (Lipinski definition) is 0. The predicted octanol–water partition coefficient (Wildman–Crippen LogP) is 5.01. The molecule has 0 radical (unpaired) electrons. The molecular formula is C31H28IrN6O4+. The molecule has 0 unspecified atom stereocenters. The third-order valence-corrected chi connectivity index (χ3v) is 5.51. The number of rotatable bonds is 6. The van der Waals surface area contributed by atoms with Gasteiger partial charge in [0.05, 0.1) is 20.6 Å². The third-order valence-electron chi connectivity index (χ3n) is 5.51. The molecule has 0 spiro atoms. The summed E-state index contributed by atoms with van der Waals surface area (Å²) >= 11 is 0. The van der Waals surface area contributed by atoms with Crippen LogP contribution >= 0.6 is 0 Å². The van der Waals surface area contributed by atoms with Gasteiger partial charge < -0.3 is 9.47 Å². The standard InChI is InChI=1S/2C13H10N3O.C5H8O2.Ir/c2*1-17-11-8-6-10(7-9-11)16-14-12-4-2-3-5-13(12)15-16;1-4(6)3-5(2)7;/h2*2-6,8-9H,1H3;3H2,1-2H3;/q2*-1;;+3. The van der Waals surface area contributed by atoms with Crippen LogP contribution in [0.1, 0.15) is 20.3 Å². The van der Waals surface area contributed by atoms with Crippen LogP contribution < -0.4 is 9.47 Å². The van der Waals surface area contributed by atoms with E-state index in [-0.39, 0.29) is 38.1 Å². The van der Waals surface area contributed by atoms with Crippen LogP contribution in [0.4, 0.5) is 0 Å². The van der Waals surface area contributed by atoms with E-state index in [9.17, 15) is 9.59 Å². The SMILES string of the molecule is CC(=O)CC(C)=O.COc1c[c-]c(-n2nc3ccccc3n2)cc1.COc1c[c-]c(-n2nc3ccccc3n2)cc1.[Ir+3]. The van der Waals surface area contributed by atoms with Gasteiger partial charge in [-0.15, -0.1) is 36.4 Å². The van der Waals surface area contributed by atoms with Crippen LogP contribution in [0, 0.1) is 12.1 Å². The number of methoxy groups -OCH3 is 2. The molecule has 0 aliphatic carbocycles. The van der Waals surface area contributed by atoms with E-state index >= 15 is 0 Å². The molecule has 0 bridgehead atoms. The first-order valence-corrected chi connectivity index (χ1v) is 12.6. The Morgan fingerprint density at radius 3 is 1.17 bits per heavy atom. The first-order chi connectivity index (χ1) is 19.9.